The molecule has 0 aliphatic heterocycles. The van der Waals surface area contributed by atoms with E-state index in [9.17, 15) is 23.2 Å². The molecule has 0 spiro atoms. The molecular formula is C19H18F2N2O5. The number of hydrogen-bond donors (Lipinski definition) is 1. The van der Waals surface area contributed by atoms with Crippen LogP contribution in [-0.4, -0.2) is 49.5 Å². The lowest BCUT2D eigenvalue weighted by atomic mass is 10.3. The van der Waals surface area contributed by atoms with E-state index in [2.05, 4.69) is 5.32 Å². The molecule has 0 aromatic heterocycles. The number of hydrogen-bond acceptors (Lipinski definition) is 5. The van der Waals surface area contributed by atoms with E-state index in [0.29, 0.717) is 5.69 Å². The Morgan fingerprint density at radius 2 is 1.68 bits per heavy atom. The van der Waals surface area contributed by atoms with Gasteiger partial charge in [0.2, 0.25) is 5.91 Å². The van der Waals surface area contributed by atoms with Gasteiger partial charge in [0.05, 0.1) is 6.54 Å². The fraction of sp³-hybridized carbons (Fsp3) is 0.211. The predicted molar refractivity (Wildman–Crippen MR) is 95.5 cm³/mol. The summed E-state index contributed by atoms with van der Waals surface area (Å²) in [6, 6.07) is 10.7. The number of amides is 2. The molecule has 0 aliphatic rings. The van der Waals surface area contributed by atoms with Crippen molar-refractivity contribution in [1.82, 2.24) is 4.90 Å². The first-order valence-electron chi connectivity index (χ1n) is 8.17. The molecule has 2 rings (SSSR count). The lowest BCUT2D eigenvalue weighted by molar-refractivity contribution is -0.153. The van der Waals surface area contributed by atoms with Crippen LogP contribution in [0.15, 0.2) is 48.5 Å². The summed E-state index contributed by atoms with van der Waals surface area (Å²) in [5.41, 5.74) is 0.379. The highest BCUT2D eigenvalue weighted by atomic mass is 19.1. The summed E-state index contributed by atoms with van der Waals surface area (Å²) in [5.74, 6) is -3.16. The molecule has 0 bridgehead atoms. The number of likely N-dealkylation sites (N-methyl/N-ethyl adjacent to an activating group) is 1. The molecule has 2 amide bonds. The second-order valence-electron chi connectivity index (χ2n) is 5.68. The molecule has 2 aromatic carbocycles. The average molecular weight is 392 g/mol. The Kier molecular flexibility index (Phi) is 7.44. The highest BCUT2D eigenvalue weighted by molar-refractivity contribution is 5.94. The zero-order chi connectivity index (χ0) is 20.5. The molecule has 0 heterocycles. The van der Waals surface area contributed by atoms with E-state index in [1.54, 1.807) is 6.07 Å². The average Bonchev–Trinajstić information content (AvgIpc) is 2.67. The number of nitrogens with one attached hydrogen (secondary N) is 1. The molecule has 28 heavy (non-hydrogen) atoms. The Morgan fingerprint density at radius 1 is 1.00 bits per heavy atom. The minimum Gasteiger partial charge on any atom is -0.479 e. The van der Waals surface area contributed by atoms with Crippen LogP contribution in [0.5, 0.6) is 5.75 Å². The number of rotatable bonds is 8. The van der Waals surface area contributed by atoms with Crippen molar-refractivity contribution in [2.75, 3.05) is 32.1 Å². The van der Waals surface area contributed by atoms with Crippen LogP contribution in [0.4, 0.5) is 14.5 Å². The molecule has 0 unspecified atom stereocenters. The number of nitrogens with zero attached hydrogens (tertiary/aromatic N) is 1. The second kappa shape index (κ2) is 10.0. The van der Waals surface area contributed by atoms with Gasteiger partial charge in [0.1, 0.15) is 5.82 Å². The van der Waals surface area contributed by atoms with Gasteiger partial charge in [0.15, 0.2) is 24.8 Å². The molecular weight excluding hydrogens is 374 g/mol. The Bertz CT molecular complexity index is 842. The van der Waals surface area contributed by atoms with Crippen LogP contribution in [0.3, 0.4) is 0 Å². The van der Waals surface area contributed by atoms with Crippen LogP contribution < -0.4 is 10.1 Å². The van der Waals surface area contributed by atoms with Crippen molar-refractivity contribution < 1.29 is 32.6 Å². The van der Waals surface area contributed by atoms with E-state index in [-0.39, 0.29) is 12.3 Å². The fourth-order valence-corrected chi connectivity index (χ4v) is 2.03. The summed E-state index contributed by atoms with van der Waals surface area (Å²) >= 11 is 0. The number of carbonyl (C=O) groups excluding carboxylic acids is 3. The third kappa shape index (κ3) is 6.67. The molecule has 7 nitrogen and oxygen atoms in total. The van der Waals surface area contributed by atoms with E-state index in [1.807, 2.05) is 0 Å². The van der Waals surface area contributed by atoms with Crippen LogP contribution in [0, 0.1) is 11.6 Å². The largest absolute Gasteiger partial charge is 0.479 e. The Balaban J connectivity index is 1.71. The summed E-state index contributed by atoms with van der Waals surface area (Å²) in [6.07, 6.45) is 0. The van der Waals surface area contributed by atoms with Crippen molar-refractivity contribution in [2.24, 2.45) is 0 Å². The molecule has 9 heteroatoms. The smallest absolute Gasteiger partial charge is 0.344 e. The van der Waals surface area contributed by atoms with Gasteiger partial charge >= 0.3 is 5.97 Å². The Morgan fingerprint density at radius 3 is 2.36 bits per heavy atom. The van der Waals surface area contributed by atoms with Crippen molar-refractivity contribution in [3.63, 3.8) is 0 Å². The summed E-state index contributed by atoms with van der Waals surface area (Å²) < 4.78 is 35.9. The van der Waals surface area contributed by atoms with Crippen LogP contribution >= 0.6 is 0 Å². The molecule has 0 saturated carbocycles. The Labute approximate surface area is 159 Å². The molecule has 1 N–H and O–H groups in total. The first kappa shape index (κ1) is 20.8. The summed E-state index contributed by atoms with van der Waals surface area (Å²) in [6.45, 7) is -1.46. The van der Waals surface area contributed by atoms with Gasteiger partial charge in [-0.3, -0.25) is 9.59 Å². The predicted octanol–water partition coefficient (Wildman–Crippen LogP) is 1.98. The molecule has 0 aliphatic carbocycles. The van der Waals surface area contributed by atoms with Gasteiger partial charge in [-0.25, -0.2) is 13.6 Å². The van der Waals surface area contributed by atoms with Gasteiger partial charge in [0, 0.05) is 12.7 Å². The van der Waals surface area contributed by atoms with Crippen molar-refractivity contribution in [3.8, 4) is 5.75 Å². The van der Waals surface area contributed by atoms with E-state index >= 15 is 0 Å². The molecule has 0 atom stereocenters. The Hall–Kier alpha value is -3.49. The fourth-order valence-electron chi connectivity index (χ4n) is 2.03. The number of ether oxygens (including phenoxy) is 2. The van der Waals surface area contributed by atoms with Crippen molar-refractivity contribution in [3.05, 3.63) is 60.2 Å². The van der Waals surface area contributed by atoms with Crippen LogP contribution in [0.25, 0.3) is 0 Å². The van der Waals surface area contributed by atoms with Crippen LogP contribution in [-0.2, 0) is 19.1 Å². The molecule has 0 saturated heterocycles. The monoisotopic (exact) mass is 392 g/mol. The number of anilines is 1. The third-order valence-electron chi connectivity index (χ3n) is 3.47. The van der Waals surface area contributed by atoms with E-state index in [4.69, 9.17) is 9.47 Å². The highest BCUT2D eigenvalue weighted by Gasteiger charge is 2.16. The van der Waals surface area contributed by atoms with E-state index < -0.39 is 42.6 Å². The van der Waals surface area contributed by atoms with Crippen molar-refractivity contribution in [2.45, 2.75) is 0 Å². The molecule has 2 aromatic rings. The first-order valence-corrected chi connectivity index (χ1v) is 8.17. The number of benzene rings is 2. The van der Waals surface area contributed by atoms with Crippen LogP contribution in [0.1, 0.15) is 0 Å². The number of halogens is 2. The van der Waals surface area contributed by atoms with Crippen LogP contribution in [0.2, 0.25) is 0 Å². The normalized spacial score (nSPS) is 10.1. The summed E-state index contributed by atoms with van der Waals surface area (Å²) in [4.78, 5) is 36.5. The molecule has 0 fully saturated rings. The van der Waals surface area contributed by atoms with Gasteiger partial charge < -0.3 is 19.7 Å². The van der Waals surface area contributed by atoms with Gasteiger partial charge in [-0.15, -0.1) is 0 Å². The van der Waals surface area contributed by atoms with Gasteiger partial charge in [-0.2, -0.15) is 0 Å². The summed E-state index contributed by atoms with van der Waals surface area (Å²) in [5, 5.41) is 2.50. The lowest BCUT2D eigenvalue weighted by Gasteiger charge is -2.17. The minimum atomic E-state index is -0.860. The zero-order valence-electron chi connectivity index (χ0n) is 15.0. The third-order valence-corrected chi connectivity index (χ3v) is 3.47. The second-order valence-corrected chi connectivity index (χ2v) is 5.68. The zero-order valence-corrected chi connectivity index (χ0v) is 15.0. The minimum absolute atomic E-state index is 0.111. The van der Waals surface area contributed by atoms with Crippen molar-refractivity contribution in [1.29, 1.82) is 0 Å². The maximum Gasteiger partial charge on any atom is 0.344 e. The topological polar surface area (TPSA) is 84.9 Å². The van der Waals surface area contributed by atoms with Gasteiger partial charge in [0.25, 0.3) is 5.91 Å². The maximum absolute atomic E-state index is 13.4. The first-order chi connectivity index (χ1) is 13.3. The summed E-state index contributed by atoms with van der Waals surface area (Å²) in [7, 11) is 1.36. The standard InChI is InChI=1S/C19H18F2N2O5/c1-23(10-17(24)22-14-8-6-13(20)7-9-14)18(25)11-28-19(26)12-27-16-5-3-2-4-15(16)21/h2-9H,10-12H2,1H3,(H,22,24). The van der Waals surface area contributed by atoms with Gasteiger partial charge in [-0.05, 0) is 36.4 Å². The number of esters is 1. The lowest BCUT2D eigenvalue weighted by Crippen LogP contribution is -2.37. The van der Waals surface area contributed by atoms with Gasteiger partial charge in [-0.1, -0.05) is 12.1 Å². The molecule has 148 valence electrons. The molecule has 0 radical (unpaired) electrons. The van der Waals surface area contributed by atoms with E-state index in [1.165, 1.54) is 49.5 Å². The maximum atomic E-state index is 13.4. The SMILES string of the molecule is CN(CC(=O)Nc1ccc(F)cc1)C(=O)COC(=O)COc1ccccc1F. The number of carbonyl (C=O) groups is 3. The number of para-hydroxylation sites is 1. The highest BCUT2D eigenvalue weighted by Crippen LogP contribution is 2.15. The van der Waals surface area contributed by atoms with Crippen molar-refractivity contribution >= 4 is 23.5 Å². The quantitative estimate of drug-likeness (QED) is 0.695. The van der Waals surface area contributed by atoms with E-state index in [0.717, 1.165) is 4.90 Å².